The summed E-state index contributed by atoms with van der Waals surface area (Å²) in [5.74, 6) is 1.45. The Morgan fingerprint density at radius 3 is 2.61 bits per heavy atom. The molecule has 2 rings (SSSR count). The van der Waals surface area contributed by atoms with Gasteiger partial charge in [0.2, 0.25) is 0 Å². The van der Waals surface area contributed by atoms with E-state index in [1.165, 1.54) is 0 Å². The van der Waals surface area contributed by atoms with Crippen LogP contribution in [0, 0.1) is 0 Å². The molecule has 1 aromatic carbocycles. The standard InChI is InChI=1S/C14H16N2O2/c1-15-12-8-14(10-16-9-12)18-13-4-2-11(3-5-13)6-7-17/h2-5,8-10,15,17H,6-7H2,1H3. The SMILES string of the molecule is CNc1cncc(Oc2ccc(CCO)cc2)c1. The molecule has 18 heavy (non-hydrogen) atoms. The van der Waals surface area contributed by atoms with E-state index in [1.807, 2.05) is 37.4 Å². The van der Waals surface area contributed by atoms with E-state index in [0.717, 1.165) is 17.0 Å². The summed E-state index contributed by atoms with van der Waals surface area (Å²) in [6, 6.07) is 9.55. The molecule has 0 aliphatic heterocycles. The molecular formula is C14H16N2O2. The Morgan fingerprint density at radius 2 is 1.94 bits per heavy atom. The van der Waals surface area contributed by atoms with Gasteiger partial charge in [0.15, 0.2) is 0 Å². The number of aromatic nitrogens is 1. The molecule has 0 aliphatic carbocycles. The molecule has 4 heteroatoms. The molecule has 2 aromatic rings. The second kappa shape index (κ2) is 6.02. The van der Waals surface area contributed by atoms with Crippen molar-refractivity contribution in [3.63, 3.8) is 0 Å². The number of hydrogen-bond donors (Lipinski definition) is 2. The number of nitrogens with one attached hydrogen (secondary N) is 1. The molecule has 4 nitrogen and oxygen atoms in total. The normalized spacial score (nSPS) is 10.1. The first kappa shape index (κ1) is 12.4. The van der Waals surface area contributed by atoms with Gasteiger partial charge in [-0.05, 0) is 24.1 Å². The van der Waals surface area contributed by atoms with Gasteiger partial charge in [0, 0.05) is 19.7 Å². The van der Waals surface area contributed by atoms with E-state index < -0.39 is 0 Å². The Bertz CT molecular complexity index is 497. The maximum absolute atomic E-state index is 8.84. The van der Waals surface area contributed by atoms with Gasteiger partial charge in [-0.1, -0.05) is 12.1 Å². The number of ether oxygens (including phenoxy) is 1. The van der Waals surface area contributed by atoms with E-state index in [2.05, 4.69) is 10.3 Å². The van der Waals surface area contributed by atoms with Crippen LogP contribution in [0.15, 0.2) is 42.7 Å². The van der Waals surface area contributed by atoms with Gasteiger partial charge in [0.25, 0.3) is 0 Å². The summed E-state index contributed by atoms with van der Waals surface area (Å²) in [5, 5.41) is 11.8. The predicted octanol–water partition coefficient (Wildman–Crippen LogP) is 2.45. The van der Waals surface area contributed by atoms with Gasteiger partial charge in [-0.25, -0.2) is 0 Å². The van der Waals surface area contributed by atoms with Gasteiger partial charge in [0.05, 0.1) is 18.1 Å². The van der Waals surface area contributed by atoms with Crippen LogP contribution >= 0.6 is 0 Å². The van der Waals surface area contributed by atoms with Crippen LogP contribution in [0.1, 0.15) is 5.56 Å². The molecule has 0 bridgehead atoms. The minimum Gasteiger partial charge on any atom is -0.456 e. The van der Waals surface area contributed by atoms with Crippen LogP contribution in [-0.2, 0) is 6.42 Å². The molecular weight excluding hydrogens is 228 g/mol. The molecule has 0 aliphatic rings. The highest BCUT2D eigenvalue weighted by atomic mass is 16.5. The molecule has 0 atom stereocenters. The van der Waals surface area contributed by atoms with E-state index in [0.29, 0.717) is 12.2 Å². The Morgan fingerprint density at radius 1 is 1.17 bits per heavy atom. The quantitative estimate of drug-likeness (QED) is 0.848. The van der Waals surface area contributed by atoms with Crippen LogP contribution in [0.2, 0.25) is 0 Å². The summed E-state index contributed by atoms with van der Waals surface area (Å²) < 4.78 is 5.69. The molecule has 0 amide bonds. The van der Waals surface area contributed by atoms with Gasteiger partial charge < -0.3 is 15.2 Å². The lowest BCUT2D eigenvalue weighted by Gasteiger charge is -2.07. The lowest BCUT2D eigenvalue weighted by atomic mass is 10.1. The highest BCUT2D eigenvalue weighted by Gasteiger charge is 1.99. The number of anilines is 1. The van der Waals surface area contributed by atoms with Crippen molar-refractivity contribution in [1.29, 1.82) is 0 Å². The Labute approximate surface area is 106 Å². The fraction of sp³-hybridized carbons (Fsp3) is 0.214. The maximum atomic E-state index is 8.84. The minimum atomic E-state index is 0.161. The molecule has 0 radical (unpaired) electrons. The zero-order chi connectivity index (χ0) is 12.8. The first-order valence-corrected chi connectivity index (χ1v) is 5.82. The maximum Gasteiger partial charge on any atom is 0.147 e. The number of aliphatic hydroxyl groups excluding tert-OH is 1. The second-order valence-electron chi connectivity index (χ2n) is 3.88. The lowest BCUT2D eigenvalue weighted by Crippen LogP contribution is -1.92. The van der Waals surface area contributed by atoms with Crippen molar-refractivity contribution in [3.05, 3.63) is 48.3 Å². The summed E-state index contributed by atoms with van der Waals surface area (Å²) in [6.07, 6.45) is 4.07. The molecule has 0 spiro atoms. The summed E-state index contributed by atoms with van der Waals surface area (Å²) in [7, 11) is 1.84. The van der Waals surface area contributed by atoms with E-state index >= 15 is 0 Å². The highest BCUT2D eigenvalue weighted by Crippen LogP contribution is 2.23. The first-order valence-electron chi connectivity index (χ1n) is 5.82. The van der Waals surface area contributed by atoms with Crippen molar-refractivity contribution in [2.45, 2.75) is 6.42 Å². The number of nitrogens with zero attached hydrogens (tertiary/aromatic N) is 1. The molecule has 0 saturated heterocycles. The predicted molar refractivity (Wildman–Crippen MR) is 71.1 cm³/mol. The number of aliphatic hydroxyl groups is 1. The largest absolute Gasteiger partial charge is 0.456 e. The molecule has 0 saturated carbocycles. The molecule has 2 N–H and O–H groups in total. The lowest BCUT2D eigenvalue weighted by molar-refractivity contribution is 0.299. The average molecular weight is 244 g/mol. The molecule has 0 unspecified atom stereocenters. The number of benzene rings is 1. The van der Waals surface area contributed by atoms with Crippen LogP contribution in [0.25, 0.3) is 0 Å². The third-order valence-electron chi connectivity index (χ3n) is 2.56. The fourth-order valence-corrected chi connectivity index (χ4v) is 1.60. The summed E-state index contributed by atoms with van der Waals surface area (Å²) in [5.41, 5.74) is 2.00. The second-order valence-corrected chi connectivity index (χ2v) is 3.88. The fourth-order valence-electron chi connectivity index (χ4n) is 1.60. The van der Waals surface area contributed by atoms with E-state index in [4.69, 9.17) is 9.84 Å². The van der Waals surface area contributed by atoms with Crippen LogP contribution < -0.4 is 10.1 Å². The van der Waals surface area contributed by atoms with Crippen molar-refractivity contribution in [3.8, 4) is 11.5 Å². The Kier molecular flexibility index (Phi) is 4.15. The van der Waals surface area contributed by atoms with Crippen LogP contribution in [0.3, 0.4) is 0 Å². The van der Waals surface area contributed by atoms with Crippen molar-refractivity contribution in [2.24, 2.45) is 0 Å². The van der Waals surface area contributed by atoms with Crippen LogP contribution in [0.5, 0.6) is 11.5 Å². The topological polar surface area (TPSA) is 54.4 Å². The zero-order valence-corrected chi connectivity index (χ0v) is 10.3. The van der Waals surface area contributed by atoms with Gasteiger partial charge >= 0.3 is 0 Å². The Hall–Kier alpha value is -2.07. The highest BCUT2D eigenvalue weighted by molar-refractivity contribution is 5.45. The Balaban J connectivity index is 2.08. The molecule has 0 fully saturated rings. The van der Waals surface area contributed by atoms with Crippen molar-refractivity contribution >= 4 is 5.69 Å². The van der Waals surface area contributed by atoms with Crippen molar-refractivity contribution in [1.82, 2.24) is 4.98 Å². The van der Waals surface area contributed by atoms with Gasteiger partial charge in [0.1, 0.15) is 11.5 Å². The van der Waals surface area contributed by atoms with Gasteiger partial charge in [-0.15, -0.1) is 0 Å². The number of hydrogen-bond acceptors (Lipinski definition) is 4. The van der Waals surface area contributed by atoms with E-state index in [9.17, 15) is 0 Å². The van der Waals surface area contributed by atoms with Crippen molar-refractivity contribution in [2.75, 3.05) is 19.0 Å². The van der Waals surface area contributed by atoms with Crippen molar-refractivity contribution < 1.29 is 9.84 Å². The number of rotatable bonds is 5. The van der Waals surface area contributed by atoms with Gasteiger partial charge in [-0.2, -0.15) is 0 Å². The average Bonchev–Trinajstić information content (AvgIpc) is 2.42. The summed E-state index contributed by atoms with van der Waals surface area (Å²) in [6.45, 7) is 0.161. The van der Waals surface area contributed by atoms with E-state index in [1.54, 1.807) is 12.4 Å². The summed E-state index contributed by atoms with van der Waals surface area (Å²) in [4.78, 5) is 4.08. The monoisotopic (exact) mass is 244 g/mol. The third kappa shape index (κ3) is 3.21. The van der Waals surface area contributed by atoms with Crippen LogP contribution in [-0.4, -0.2) is 23.7 Å². The third-order valence-corrected chi connectivity index (χ3v) is 2.56. The minimum absolute atomic E-state index is 0.161. The van der Waals surface area contributed by atoms with E-state index in [-0.39, 0.29) is 6.61 Å². The molecule has 94 valence electrons. The zero-order valence-electron chi connectivity index (χ0n) is 10.3. The van der Waals surface area contributed by atoms with Crippen LogP contribution in [0.4, 0.5) is 5.69 Å². The first-order chi connectivity index (χ1) is 8.81. The van der Waals surface area contributed by atoms with Gasteiger partial charge in [-0.3, -0.25) is 4.98 Å². The summed E-state index contributed by atoms with van der Waals surface area (Å²) >= 11 is 0. The molecule has 1 aromatic heterocycles. The smallest absolute Gasteiger partial charge is 0.147 e. The molecule has 1 heterocycles. The number of pyridine rings is 1.